The summed E-state index contributed by atoms with van der Waals surface area (Å²) in [5.41, 5.74) is 3.94. The molecule has 1 aliphatic rings. The molecule has 0 heterocycles. The number of nitrogens with zero attached hydrogens (tertiary/aromatic N) is 1. The van der Waals surface area contributed by atoms with E-state index in [9.17, 15) is 9.59 Å². The van der Waals surface area contributed by atoms with Crippen LogP contribution >= 0.6 is 23.2 Å². The standard InChI is InChI=1S/C27H34Cl2N2O2/c1-4-25(27(33)30-23-8-6-5-7-9-23)31(17-20-12-13-22(28)16-24(20)29)26(32)15-21-14-18(2)10-11-19(21)3/h10-14,16,23,25H,4-9,15,17H2,1-3H3,(H,30,33)/t25-/m0/s1. The van der Waals surface area contributed by atoms with E-state index in [0.717, 1.165) is 47.9 Å². The number of rotatable bonds is 8. The summed E-state index contributed by atoms with van der Waals surface area (Å²) in [6.45, 7) is 6.24. The first-order valence-corrected chi connectivity index (χ1v) is 12.6. The van der Waals surface area contributed by atoms with Crippen molar-refractivity contribution < 1.29 is 9.59 Å². The van der Waals surface area contributed by atoms with Gasteiger partial charge in [-0.1, -0.05) is 79.2 Å². The van der Waals surface area contributed by atoms with Gasteiger partial charge in [0.05, 0.1) is 6.42 Å². The van der Waals surface area contributed by atoms with Gasteiger partial charge in [-0.05, 0) is 61.9 Å². The lowest BCUT2D eigenvalue weighted by atomic mass is 9.95. The summed E-state index contributed by atoms with van der Waals surface area (Å²) in [5, 5.41) is 4.25. The number of aryl methyl sites for hydroxylation is 2. The van der Waals surface area contributed by atoms with Gasteiger partial charge in [0, 0.05) is 22.6 Å². The summed E-state index contributed by atoms with van der Waals surface area (Å²) in [6, 6.07) is 11.0. The van der Waals surface area contributed by atoms with Crippen LogP contribution in [0, 0.1) is 13.8 Å². The van der Waals surface area contributed by atoms with Crippen molar-refractivity contribution >= 4 is 35.0 Å². The molecule has 4 nitrogen and oxygen atoms in total. The number of amides is 2. The molecule has 1 fully saturated rings. The Hall–Kier alpha value is -2.04. The highest BCUT2D eigenvalue weighted by Gasteiger charge is 2.31. The van der Waals surface area contributed by atoms with Gasteiger partial charge in [0.15, 0.2) is 0 Å². The van der Waals surface area contributed by atoms with Crippen LogP contribution < -0.4 is 5.32 Å². The maximum Gasteiger partial charge on any atom is 0.243 e. The molecular formula is C27H34Cl2N2O2. The zero-order valence-electron chi connectivity index (χ0n) is 19.8. The molecule has 3 rings (SSSR count). The Balaban J connectivity index is 1.87. The van der Waals surface area contributed by atoms with Gasteiger partial charge in [-0.2, -0.15) is 0 Å². The van der Waals surface area contributed by atoms with E-state index >= 15 is 0 Å². The molecule has 33 heavy (non-hydrogen) atoms. The van der Waals surface area contributed by atoms with Crippen LogP contribution in [0.15, 0.2) is 36.4 Å². The molecule has 0 aliphatic heterocycles. The van der Waals surface area contributed by atoms with Gasteiger partial charge >= 0.3 is 0 Å². The number of carbonyl (C=O) groups is 2. The van der Waals surface area contributed by atoms with Crippen molar-refractivity contribution in [2.24, 2.45) is 0 Å². The first kappa shape index (κ1) is 25.6. The normalized spacial score (nSPS) is 15.2. The molecule has 0 bridgehead atoms. The van der Waals surface area contributed by atoms with Gasteiger partial charge in [0.2, 0.25) is 11.8 Å². The van der Waals surface area contributed by atoms with Gasteiger partial charge < -0.3 is 10.2 Å². The second-order valence-electron chi connectivity index (χ2n) is 9.13. The van der Waals surface area contributed by atoms with Gasteiger partial charge in [0.25, 0.3) is 0 Å². The molecule has 0 spiro atoms. The Morgan fingerprint density at radius 3 is 2.42 bits per heavy atom. The third-order valence-electron chi connectivity index (χ3n) is 6.54. The molecule has 178 valence electrons. The summed E-state index contributed by atoms with van der Waals surface area (Å²) in [6.07, 6.45) is 6.27. The van der Waals surface area contributed by atoms with E-state index in [2.05, 4.69) is 5.32 Å². The number of nitrogens with one attached hydrogen (secondary N) is 1. The van der Waals surface area contributed by atoms with Crippen molar-refractivity contribution in [3.05, 3.63) is 68.7 Å². The van der Waals surface area contributed by atoms with Crippen molar-refractivity contribution in [1.29, 1.82) is 0 Å². The Labute approximate surface area is 207 Å². The van der Waals surface area contributed by atoms with E-state index in [4.69, 9.17) is 23.2 Å². The van der Waals surface area contributed by atoms with Gasteiger partial charge in [-0.25, -0.2) is 0 Å². The minimum Gasteiger partial charge on any atom is -0.352 e. The lowest BCUT2D eigenvalue weighted by Gasteiger charge is -2.33. The number of hydrogen-bond acceptors (Lipinski definition) is 2. The SMILES string of the molecule is CC[C@@H](C(=O)NC1CCCCC1)N(Cc1ccc(Cl)cc1Cl)C(=O)Cc1cc(C)ccc1C. The number of hydrogen-bond donors (Lipinski definition) is 1. The van der Waals surface area contributed by atoms with Crippen LogP contribution in [0.2, 0.25) is 10.0 Å². The molecule has 0 aromatic heterocycles. The monoisotopic (exact) mass is 488 g/mol. The predicted octanol–water partition coefficient (Wildman–Crippen LogP) is 6.41. The number of carbonyl (C=O) groups excluding carboxylic acids is 2. The predicted molar refractivity (Wildman–Crippen MR) is 136 cm³/mol. The fraction of sp³-hybridized carbons (Fsp3) is 0.481. The minimum absolute atomic E-state index is 0.0798. The summed E-state index contributed by atoms with van der Waals surface area (Å²) >= 11 is 12.5. The zero-order valence-corrected chi connectivity index (χ0v) is 21.3. The van der Waals surface area contributed by atoms with E-state index in [1.165, 1.54) is 6.42 Å². The fourth-order valence-corrected chi connectivity index (χ4v) is 5.02. The summed E-state index contributed by atoms with van der Waals surface area (Å²) in [4.78, 5) is 28.7. The quantitative estimate of drug-likeness (QED) is 0.466. The van der Waals surface area contributed by atoms with Gasteiger partial charge in [-0.3, -0.25) is 9.59 Å². The van der Waals surface area contributed by atoms with Crippen LogP contribution in [0.5, 0.6) is 0 Å². The van der Waals surface area contributed by atoms with Crippen molar-refractivity contribution in [1.82, 2.24) is 10.2 Å². The first-order valence-electron chi connectivity index (χ1n) is 11.9. The third-order valence-corrected chi connectivity index (χ3v) is 7.13. The van der Waals surface area contributed by atoms with Crippen LogP contribution in [0.1, 0.15) is 67.7 Å². The van der Waals surface area contributed by atoms with E-state index in [0.29, 0.717) is 16.5 Å². The molecule has 2 aromatic rings. The Morgan fingerprint density at radius 2 is 1.76 bits per heavy atom. The number of halogens is 2. The van der Waals surface area contributed by atoms with Gasteiger partial charge in [-0.15, -0.1) is 0 Å². The zero-order chi connectivity index (χ0) is 24.0. The van der Waals surface area contributed by atoms with E-state index in [-0.39, 0.29) is 30.8 Å². The average Bonchev–Trinajstić information content (AvgIpc) is 2.78. The minimum atomic E-state index is -0.559. The fourth-order valence-electron chi connectivity index (χ4n) is 4.55. The molecule has 0 radical (unpaired) electrons. The van der Waals surface area contributed by atoms with Crippen LogP contribution in [-0.4, -0.2) is 28.8 Å². The number of benzene rings is 2. The lowest BCUT2D eigenvalue weighted by molar-refractivity contribution is -0.141. The molecule has 0 saturated heterocycles. The van der Waals surface area contributed by atoms with Crippen LogP contribution in [0.25, 0.3) is 0 Å². The molecule has 6 heteroatoms. The Bertz CT molecular complexity index is 986. The Kier molecular flexibility index (Phi) is 9.22. The Morgan fingerprint density at radius 1 is 1.03 bits per heavy atom. The molecule has 1 aliphatic carbocycles. The molecule has 2 aromatic carbocycles. The molecular weight excluding hydrogens is 455 g/mol. The summed E-state index contributed by atoms with van der Waals surface area (Å²) in [5.74, 6) is -0.163. The topological polar surface area (TPSA) is 49.4 Å². The van der Waals surface area contributed by atoms with Crippen molar-refractivity contribution in [2.45, 2.75) is 84.3 Å². The summed E-state index contributed by atoms with van der Waals surface area (Å²) in [7, 11) is 0. The van der Waals surface area contributed by atoms with E-state index < -0.39 is 6.04 Å². The third kappa shape index (κ3) is 6.97. The van der Waals surface area contributed by atoms with Crippen molar-refractivity contribution in [3.8, 4) is 0 Å². The second-order valence-corrected chi connectivity index (χ2v) is 9.98. The van der Waals surface area contributed by atoms with Crippen LogP contribution in [0.3, 0.4) is 0 Å². The maximum atomic E-state index is 13.6. The van der Waals surface area contributed by atoms with E-state index in [1.807, 2.05) is 45.0 Å². The van der Waals surface area contributed by atoms with Crippen molar-refractivity contribution in [2.75, 3.05) is 0 Å². The van der Waals surface area contributed by atoms with Crippen molar-refractivity contribution in [3.63, 3.8) is 0 Å². The first-order chi connectivity index (χ1) is 15.8. The lowest BCUT2D eigenvalue weighted by Crippen LogP contribution is -2.52. The van der Waals surface area contributed by atoms with E-state index in [1.54, 1.807) is 17.0 Å². The molecule has 2 amide bonds. The highest BCUT2D eigenvalue weighted by Crippen LogP contribution is 2.25. The molecule has 1 atom stereocenters. The van der Waals surface area contributed by atoms with Crippen LogP contribution in [-0.2, 0) is 22.6 Å². The highest BCUT2D eigenvalue weighted by atomic mass is 35.5. The molecule has 0 unspecified atom stereocenters. The highest BCUT2D eigenvalue weighted by molar-refractivity contribution is 6.35. The maximum absolute atomic E-state index is 13.6. The second kappa shape index (κ2) is 11.9. The smallest absolute Gasteiger partial charge is 0.243 e. The molecule has 1 N–H and O–H groups in total. The van der Waals surface area contributed by atoms with Crippen LogP contribution in [0.4, 0.5) is 0 Å². The van der Waals surface area contributed by atoms with Gasteiger partial charge in [0.1, 0.15) is 6.04 Å². The molecule has 1 saturated carbocycles. The average molecular weight is 489 g/mol. The summed E-state index contributed by atoms with van der Waals surface area (Å²) < 4.78 is 0. The largest absolute Gasteiger partial charge is 0.352 e.